The van der Waals surface area contributed by atoms with E-state index in [1.807, 2.05) is 6.92 Å². The van der Waals surface area contributed by atoms with Crippen molar-refractivity contribution in [3.05, 3.63) is 11.9 Å². The number of imidazole rings is 1. The number of hydrogen-bond donors (Lipinski definition) is 1. The molecule has 1 unspecified atom stereocenters. The Kier molecular flexibility index (Phi) is 4.27. The van der Waals surface area contributed by atoms with Crippen LogP contribution in [-0.4, -0.2) is 40.1 Å². The topological polar surface area (TPSA) is 33.1 Å². The van der Waals surface area contributed by atoms with Crippen molar-refractivity contribution in [3.8, 4) is 0 Å². The number of aryl methyl sites for hydroxylation is 2. The highest BCUT2D eigenvalue weighted by molar-refractivity contribution is 5.28. The zero-order chi connectivity index (χ0) is 13.1. The summed E-state index contributed by atoms with van der Waals surface area (Å²) in [5.74, 6) is 1.78. The number of nitrogens with zero attached hydrogens (tertiary/aromatic N) is 3. The average molecular weight is 250 g/mol. The smallest absolute Gasteiger partial charge is 0.203 e. The Hall–Kier alpha value is -1.03. The average Bonchev–Trinajstić information content (AvgIpc) is 2.92. The van der Waals surface area contributed by atoms with Gasteiger partial charge in [-0.05, 0) is 46.6 Å². The highest BCUT2D eigenvalue weighted by atomic mass is 15.2. The van der Waals surface area contributed by atoms with Gasteiger partial charge in [0.05, 0.1) is 5.69 Å². The van der Waals surface area contributed by atoms with E-state index in [1.54, 1.807) is 0 Å². The van der Waals surface area contributed by atoms with Gasteiger partial charge in [0.15, 0.2) is 0 Å². The van der Waals surface area contributed by atoms with Crippen molar-refractivity contribution in [2.75, 3.05) is 25.0 Å². The van der Waals surface area contributed by atoms with Crippen LogP contribution >= 0.6 is 0 Å². The van der Waals surface area contributed by atoms with E-state index in [-0.39, 0.29) is 0 Å². The van der Waals surface area contributed by atoms with Crippen LogP contribution in [0.3, 0.4) is 0 Å². The molecule has 1 fully saturated rings. The molecular weight excluding hydrogens is 224 g/mol. The Balaban J connectivity index is 1.85. The first-order chi connectivity index (χ1) is 8.60. The first-order valence-corrected chi connectivity index (χ1v) is 7.11. The Bertz CT molecular complexity index is 383. The minimum Gasteiger partial charge on any atom is -0.355 e. The summed E-state index contributed by atoms with van der Waals surface area (Å²) < 4.78 is 2.19. The van der Waals surface area contributed by atoms with Crippen molar-refractivity contribution < 1.29 is 0 Å². The van der Waals surface area contributed by atoms with E-state index in [2.05, 4.69) is 46.7 Å². The normalized spacial score (nSPS) is 20.8. The molecule has 1 saturated heterocycles. The van der Waals surface area contributed by atoms with Crippen LogP contribution < -0.4 is 5.32 Å². The van der Waals surface area contributed by atoms with E-state index in [4.69, 9.17) is 0 Å². The van der Waals surface area contributed by atoms with Crippen molar-refractivity contribution >= 4 is 5.95 Å². The molecule has 0 aliphatic carbocycles. The highest BCUT2D eigenvalue weighted by Gasteiger charge is 2.24. The molecule has 0 saturated carbocycles. The molecule has 1 aliphatic rings. The largest absolute Gasteiger partial charge is 0.355 e. The van der Waals surface area contributed by atoms with E-state index in [1.165, 1.54) is 19.5 Å². The van der Waals surface area contributed by atoms with Gasteiger partial charge < -0.3 is 14.8 Å². The van der Waals surface area contributed by atoms with Crippen molar-refractivity contribution in [3.63, 3.8) is 0 Å². The Morgan fingerprint density at radius 1 is 1.50 bits per heavy atom. The summed E-state index contributed by atoms with van der Waals surface area (Å²) >= 11 is 0. The quantitative estimate of drug-likeness (QED) is 0.871. The first kappa shape index (κ1) is 13.4. The van der Waals surface area contributed by atoms with Crippen molar-refractivity contribution in [2.45, 2.75) is 46.7 Å². The Morgan fingerprint density at radius 3 is 2.89 bits per heavy atom. The summed E-state index contributed by atoms with van der Waals surface area (Å²) in [6.45, 7) is 13.2. The molecule has 4 heteroatoms. The maximum atomic E-state index is 4.53. The molecule has 18 heavy (non-hydrogen) atoms. The highest BCUT2D eigenvalue weighted by Crippen LogP contribution is 2.19. The summed E-state index contributed by atoms with van der Waals surface area (Å²) in [6.07, 6.45) is 3.41. The van der Waals surface area contributed by atoms with Gasteiger partial charge in [-0.15, -0.1) is 0 Å². The predicted molar refractivity (Wildman–Crippen MR) is 75.9 cm³/mol. The molecule has 1 atom stereocenters. The minimum absolute atomic E-state index is 0.676. The van der Waals surface area contributed by atoms with Gasteiger partial charge >= 0.3 is 0 Å². The van der Waals surface area contributed by atoms with Crippen molar-refractivity contribution in [1.29, 1.82) is 0 Å². The van der Waals surface area contributed by atoms with Crippen LogP contribution in [0.25, 0.3) is 0 Å². The molecule has 1 aromatic rings. The second-order valence-corrected chi connectivity index (χ2v) is 5.62. The fourth-order valence-corrected chi connectivity index (χ4v) is 2.66. The van der Waals surface area contributed by atoms with Crippen LogP contribution in [0.1, 0.15) is 32.9 Å². The van der Waals surface area contributed by atoms with Gasteiger partial charge in [-0.3, -0.25) is 0 Å². The number of nitrogens with one attached hydrogen (secondary N) is 1. The maximum absolute atomic E-state index is 4.53. The van der Waals surface area contributed by atoms with Crippen LogP contribution in [-0.2, 0) is 6.54 Å². The third-order valence-electron chi connectivity index (χ3n) is 3.83. The van der Waals surface area contributed by atoms with Crippen LogP contribution in [0.2, 0.25) is 0 Å². The third-order valence-corrected chi connectivity index (χ3v) is 3.83. The number of aromatic nitrogens is 2. The summed E-state index contributed by atoms with van der Waals surface area (Å²) in [5.41, 5.74) is 1.09. The van der Waals surface area contributed by atoms with E-state index in [0.29, 0.717) is 6.04 Å². The van der Waals surface area contributed by atoms with Crippen LogP contribution in [0.4, 0.5) is 5.95 Å². The lowest BCUT2D eigenvalue weighted by molar-refractivity contribution is 0.266. The zero-order valence-corrected chi connectivity index (χ0v) is 12.1. The molecule has 1 aliphatic heterocycles. The number of rotatable bonds is 5. The molecule has 1 N–H and O–H groups in total. The predicted octanol–water partition coefficient (Wildman–Crippen LogP) is 2.35. The molecule has 0 radical (unpaired) electrons. The van der Waals surface area contributed by atoms with Gasteiger partial charge in [-0.2, -0.15) is 0 Å². The molecule has 0 amide bonds. The fraction of sp³-hybridized carbons (Fsp3) is 0.786. The summed E-state index contributed by atoms with van der Waals surface area (Å²) in [4.78, 5) is 7.09. The fourth-order valence-electron chi connectivity index (χ4n) is 2.66. The lowest BCUT2D eigenvalue weighted by Crippen LogP contribution is -2.29. The molecular formula is C14H26N4. The lowest BCUT2D eigenvalue weighted by Gasteiger charge is -2.20. The Morgan fingerprint density at radius 2 is 2.28 bits per heavy atom. The monoisotopic (exact) mass is 250 g/mol. The van der Waals surface area contributed by atoms with Crippen LogP contribution in [0, 0.1) is 12.8 Å². The third kappa shape index (κ3) is 3.05. The van der Waals surface area contributed by atoms with E-state index < -0.39 is 0 Å². The molecule has 0 bridgehead atoms. The molecule has 1 aromatic heterocycles. The van der Waals surface area contributed by atoms with Gasteiger partial charge in [-0.25, -0.2) is 4.98 Å². The van der Waals surface area contributed by atoms with Gasteiger partial charge in [-0.1, -0.05) is 0 Å². The van der Waals surface area contributed by atoms with E-state index in [0.717, 1.165) is 30.6 Å². The maximum Gasteiger partial charge on any atom is 0.203 e. The molecule has 2 heterocycles. The first-order valence-electron chi connectivity index (χ1n) is 7.11. The minimum atomic E-state index is 0.676. The standard InChI is InChI=1S/C14H26N4/c1-5-17-9-12(4)16-14(17)15-8-13-6-7-18(10-13)11(2)3/h9,11,13H,5-8,10H2,1-4H3,(H,15,16). The van der Waals surface area contributed by atoms with Gasteiger partial charge in [0.2, 0.25) is 5.95 Å². The van der Waals surface area contributed by atoms with E-state index in [9.17, 15) is 0 Å². The number of anilines is 1. The van der Waals surface area contributed by atoms with E-state index >= 15 is 0 Å². The van der Waals surface area contributed by atoms with Gasteiger partial charge in [0, 0.05) is 31.9 Å². The second-order valence-electron chi connectivity index (χ2n) is 5.62. The van der Waals surface area contributed by atoms with Crippen molar-refractivity contribution in [2.24, 2.45) is 5.92 Å². The number of likely N-dealkylation sites (tertiary alicyclic amines) is 1. The van der Waals surface area contributed by atoms with Gasteiger partial charge in [0.1, 0.15) is 0 Å². The molecule has 0 spiro atoms. The van der Waals surface area contributed by atoms with Crippen LogP contribution in [0.15, 0.2) is 6.20 Å². The second kappa shape index (κ2) is 5.74. The molecule has 2 rings (SSSR count). The number of hydrogen-bond acceptors (Lipinski definition) is 3. The lowest BCUT2D eigenvalue weighted by atomic mass is 10.1. The van der Waals surface area contributed by atoms with Crippen LogP contribution in [0.5, 0.6) is 0 Å². The SMILES string of the molecule is CCn1cc(C)nc1NCC1CCN(C(C)C)C1. The summed E-state index contributed by atoms with van der Waals surface area (Å²) in [7, 11) is 0. The zero-order valence-electron chi connectivity index (χ0n) is 12.1. The van der Waals surface area contributed by atoms with Crippen molar-refractivity contribution in [1.82, 2.24) is 14.5 Å². The Labute approximate surface area is 110 Å². The molecule has 0 aromatic carbocycles. The summed E-state index contributed by atoms with van der Waals surface area (Å²) in [5, 5.41) is 3.51. The molecule has 102 valence electrons. The van der Waals surface area contributed by atoms with Gasteiger partial charge in [0.25, 0.3) is 0 Å². The molecule has 4 nitrogen and oxygen atoms in total. The summed E-state index contributed by atoms with van der Waals surface area (Å²) in [6, 6.07) is 0.676.